The van der Waals surface area contributed by atoms with E-state index in [-0.39, 0.29) is 6.03 Å². The van der Waals surface area contributed by atoms with Crippen LogP contribution < -0.4 is 4.90 Å². The maximum atomic E-state index is 12.3. The Bertz CT molecular complexity index is 1380. The summed E-state index contributed by atoms with van der Waals surface area (Å²) >= 11 is 1.79. The van der Waals surface area contributed by atoms with E-state index in [1.54, 1.807) is 16.2 Å². The van der Waals surface area contributed by atoms with Crippen molar-refractivity contribution in [3.05, 3.63) is 41.4 Å². The molecule has 0 unspecified atom stereocenters. The van der Waals surface area contributed by atoms with Crippen LogP contribution in [0.15, 0.2) is 36.5 Å². The van der Waals surface area contributed by atoms with Crippen LogP contribution in [0.25, 0.3) is 32.5 Å². The van der Waals surface area contributed by atoms with Gasteiger partial charge in [0.15, 0.2) is 11.6 Å². The highest BCUT2D eigenvalue weighted by atomic mass is 32.1. The molecule has 1 N–H and O–H groups in total. The van der Waals surface area contributed by atoms with Crippen molar-refractivity contribution in [2.24, 2.45) is 0 Å². The molecule has 10 heteroatoms. The van der Waals surface area contributed by atoms with Gasteiger partial charge in [0, 0.05) is 87.4 Å². The Morgan fingerprint density at radius 3 is 2.67 bits per heavy atom. The molecule has 2 amide bonds. The molecule has 0 spiro atoms. The first kappa shape index (κ1) is 23.2. The van der Waals surface area contributed by atoms with Gasteiger partial charge in [0.25, 0.3) is 0 Å². The number of H-pyrrole nitrogens is 1. The molecular formula is C26H31N7O2S. The highest BCUT2D eigenvalue weighted by molar-refractivity contribution is 7.19. The van der Waals surface area contributed by atoms with Crippen molar-refractivity contribution in [2.45, 2.75) is 6.54 Å². The fourth-order valence-corrected chi connectivity index (χ4v) is 6.19. The number of aromatic nitrogens is 3. The first-order valence-electron chi connectivity index (χ1n) is 12.4. The number of carbonyl (C=O) groups excluding carboxylic acids is 1. The van der Waals surface area contributed by atoms with Gasteiger partial charge in [-0.1, -0.05) is 12.1 Å². The van der Waals surface area contributed by atoms with Gasteiger partial charge in [0.2, 0.25) is 0 Å². The van der Waals surface area contributed by atoms with Crippen molar-refractivity contribution in [1.29, 1.82) is 0 Å². The summed E-state index contributed by atoms with van der Waals surface area (Å²) in [6.07, 6.45) is 1.96. The fraction of sp³-hybridized carbons (Fsp3) is 0.423. The Morgan fingerprint density at radius 1 is 1.08 bits per heavy atom. The van der Waals surface area contributed by atoms with Crippen LogP contribution >= 0.6 is 11.3 Å². The summed E-state index contributed by atoms with van der Waals surface area (Å²) in [7, 11) is 3.62. The number of amides is 2. The lowest BCUT2D eigenvalue weighted by Crippen LogP contribution is -2.51. The van der Waals surface area contributed by atoms with Gasteiger partial charge in [-0.15, -0.1) is 11.3 Å². The third-order valence-corrected chi connectivity index (χ3v) is 8.06. The standard InChI is InChI=1S/C26H31N7O2S/c1-30(2)26(34)33-10-8-31(9-11-33)17-18-16-22-23(36-18)25(32-12-14-35-15-13-32)29-24(28-22)20-4-3-5-21-19(20)6-7-27-21/h3-7,16,27H,8-15,17H2,1-2H3. The monoisotopic (exact) mass is 505 g/mol. The average molecular weight is 506 g/mol. The Hall–Kier alpha value is -3.21. The Labute approximate surface area is 214 Å². The second-order valence-corrected chi connectivity index (χ2v) is 10.7. The number of ether oxygens (including phenoxy) is 1. The van der Waals surface area contributed by atoms with Crippen molar-refractivity contribution in [1.82, 2.24) is 29.7 Å². The van der Waals surface area contributed by atoms with E-state index >= 15 is 0 Å². The second kappa shape index (κ2) is 9.68. The van der Waals surface area contributed by atoms with E-state index in [1.807, 2.05) is 25.2 Å². The highest BCUT2D eigenvalue weighted by Gasteiger charge is 2.24. The molecule has 3 aromatic heterocycles. The molecule has 36 heavy (non-hydrogen) atoms. The summed E-state index contributed by atoms with van der Waals surface area (Å²) in [5.41, 5.74) is 3.12. The second-order valence-electron chi connectivity index (χ2n) is 9.58. The number of piperazine rings is 1. The zero-order valence-corrected chi connectivity index (χ0v) is 21.6. The molecule has 0 radical (unpaired) electrons. The van der Waals surface area contributed by atoms with Crippen molar-refractivity contribution in [2.75, 3.05) is 71.5 Å². The van der Waals surface area contributed by atoms with Crippen LogP contribution in [0.1, 0.15) is 4.88 Å². The topological polar surface area (TPSA) is 80.8 Å². The van der Waals surface area contributed by atoms with E-state index in [9.17, 15) is 4.79 Å². The number of fused-ring (bicyclic) bond motifs is 2. The summed E-state index contributed by atoms with van der Waals surface area (Å²) < 4.78 is 6.76. The van der Waals surface area contributed by atoms with Gasteiger partial charge in [-0.2, -0.15) is 0 Å². The van der Waals surface area contributed by atoms with Crippen molar-refractivity contribution < 1.29 is 9.53 Å². The van der Waals surface area contributed by atoms with Crippen molar-refractivity contribution in [3.8, 4) is 11.4 Å². The van der Waals surface area contributed by atoms with Crippen LogP contribution in [-0.4, -0.2) is 102 Å². The number of benzene rings is 1. The van der Waals surface area contributed by atoms with Crippen LogP contribution in [0.3, 0.4) is 0 Å². The Morgan fingerprint density at radius 2 is 1.89 bits per heavy atom. The number of hydrogen-bond acceptors (Lipinski definition) is 7. The minimum Gasteiger partial charge on any atom is -0.378 e. The molecule has 2 fully saturated rings. The minimum absolute atomic E-state index is 0.0897. The first-order chi connectivity index (χ1) is 17.6. The van der Waals surface area contributed by atoms with Gasteiger partial charge >= 0.3 is 6.03 Å². The molecule has 4 aromatic rings. The van der Waals surface area contributed by atoms with E-state index in [0.29, 0.717) is 13.2 Å². The smallest absolute Gasteiger partial charge is 0.319 e. The molecule has 2 aliphatic heterocycles. The summed E-state index contributed by atoms with van der Waals surface area (Å²) in [5, 5.41) is 1.13. The highest BCUT2D eigenvalue weighted by Crippen LogP contribution is 2.36. The van der Waals surface area contributed by atoms with Gasteiger partial charge < -0.3 is 24.4 Å². The normalized spacial score (nSPS) is 17.3. The lowest BCUT2D eigenvalue weighted by Gasteiger charge is -2.35. The lowest BCUT2D eigenvalue weighted by atomic mass is 10.1. The molecule has 0 atom stereocenters. The number of nitrogens with one attached hydrogen (secondary N) is 1. The van der Waals surface area contributed by atoms with Gasteiger partial charge in [0.1, 0.15) is 0 Å². The number of aromatic amines is 1. The SMILES string of the molecule is CN(C)C(=O)N1CCN(Cc2cc3nc(-c4cccc5[nH]ccc45)nc(N4CCOCC4)c3s2)CC1. The fourth-order valence-electron chi connectivity index (χ4n) is 5.03. The number of anilines is 1. The van der Waals surface area contributed by atoms with Crippen molar-refractivity contribution >= 4 is 44.3 Å². The molecule has 5 heterocycles. The Balaban J connectivity index is 1.32. The number of morpholine rings is 1. The predicted octanol–water partition coefficient (Wildman–Crippen LogP) is 3.48. The number of carbonyl (C=O) groups is 1. The average Bonchev–Trinajstić information content (AvgIpc) is 3.55. The first-order valence-corrected chi connectivity index (χ1v) is 13.3. The van der Waals surface area contributed by atoms with E-state index in [1.165, 1.54) is 4.88 Å². The number of thiophene rings is 1. The summed E-state index contributed by atoms with van der Waals surface area (Å²) in [6, 6.07) is 10.6. The molecule has 0 saturated carbocycles. The zero-order valence-electron chi connectivity index (χ0n) is 20.7. The van der Waals surface area contributed by atoms with Crippen molar-refractivity contribution in [3.63, 3.8) is 0 Å². The zero-order chi connectivity index (χ0) is 24.6. The molecule has 0 bridgehead atoms. The summed E-state index contributed by atoms with van der Waals surface area (Å²) in [4.78, 5) is 35.4. The molecule has 2 saturated heterocycles. The van der Waals surface area contributed by atoms with E-state index < -0.39 is 0 Å². The van der Waals surface area contributed by atoms with E-state index in [0.717, 1.165) is 84.1 Å². The summed E-state index contributed by atoms with van der Waals surface area (Å²) in [6.45, 7) is 7.19. The Kier molecular flexibility index (Phi) is 6.24. The largest absolute Gasteiger partial charge is 0.378 e. The minimum atomic E-state index is 0.0897. The van der Waals surface area contributed by atoms with Crippen LogP contribution in [0, 0.1) is 0 Å². The lowest BCUT2D eigenvalue weighted by molar-refractivity contribution is 0.120. The quantitative estimate of drug-likeness (QED) is 0.458. The van der Waals surface area contributed by atoms with Crippen LogP contribution in [0.2, 0.25) is 0 Å². The van der Waals surface area contributed by atoms with E-state index in [2.05, 4.69) is 45.1 Å². The van der Waals surface area contributed by atoms with Gasteiger partial charge in [0.05, 0.1) is 23.4 Å². The maximum absolute atomic E-state index is 12.3. The van der Waals surface area contributed by atoms with Gasteiger partial charge in [-0.25, -0.2) is 14.8 Å². The molecule has 0 aliphatic carbocycles. The molecule has 9 nitrogen and oxygen atoms in total. The van der Waals surface area contributed by atoms with Crippen LogP contribution in [-0.2, 0) is 11.3 Å². The van der Waals surface area contributed by atoms with Crippen LogP contribution in [0.4, 0.5) is 10.6 Å². The molecule has 188 valence electrons. The van der Waals surface area contributed by atoms with Crippen LogP contribution in [0.5, 0.6) is 0 Å². The third kappa shape index (κ3) is 4.40. The third-order valence-electron chi connectivity index (χ3n) is 6.96. The number of urea groups is 1. The van der Waals surface area contributed by atoms with Gasteiger partial charge in [-0.3, -0.25) is 4.90 Å². The van der Waals surface area contributed by atoms with E-state index in [4.69, 9.17) is 14.7 Å². The molecule has 1 aromatic carbocycles. The number of hydrogen-bond donors (Lipinski definition) is 1. The predicted molar refractivity (Wildman–Crippen MR) is 144 cm³/mol. The molecular weight excluding hydrogens is 474 g/mol. The maximum Gasteiger partial charge on any atom is 0.319 e. The number of rotatable bonds is 4. The molecule has 6 rings (SSSR count). The number of nitrogens with zero attached hydrogens (tertiary/aromatic N) is 6. The molecule has 2 aliphatic rings. The van der Waals surface area contributed by atoms with Gasteiger partial charge in [-0.05, 0) is 18.2 Å². The summed E-state index contributed by atoms with van der Waals surface area (Å²) in [5.74, 6) is 1.76.